The molecule has 0 atom stereocenters. The first-order chi connectivity index (χ1) is 11.3. The van der Waals surface area contributed by atoms with Crippen molar-refractivity contribution < 1.29 is 9.90 Å². The molecule has 0 aliphatic heterocycles. The number of anilines is 1. The molecule has 1 amide bonds. The quantitative estimate of drug-likeness (QED) is 0.762. The predicted molar refractivity (Wildman–Crippen MR) is 92.2 cm³/mol. The highest BCUT2D eigenvalue weighted by Crippen LogP contribution is 2.24. The van der Waals surface area contributed by atoms with Gasteiger partial charge in [0.25, 0.3) is 5.91 Å². The second-order valence-electron chi connectivity index (χ2n) is 5.22. The zero-order valence-electron chi connectivity index (χ0n) is 12.6. The van der Waals surface area contributed by atoms with Crippen molar-refractivity contribution in [1.29, 1.82) is 0 Å². The third-order valence-corrected chi connectivity index (χ3v) is 3.62. The van der Waals surface area contributed by atoms with Gasteiger partial charge in [-0.2, -0.15) is 0 Å². The first-order valence-electron chi connectivity index (χ1n) is 7.43. The summed E-state index contributed by atoms with van der Waals surface area (Å²) in [7, 11) is 0. The number of carbonyl (C=O) groups excluding carboxylic acids is 1. The van der Waals surface area contributed by atoms with Gasteiger partial charge in [-0.05, 0) is 34.9 Å². The van der Waals surface area contributed by atoms with Gasteiger partial charge >= 0.3 is 0 Å². The van der Waals surface area contributed by atoms with Crippen LogP contribution in [0.3, 0.4) is 0 Å². The number of hydrogen-bond acceptors (Lipinski definition) is 2. The second-order valence-corrected chi connectivity index (χ2v) is 5.22. The summed E-state index contributed by atoms with van der Waals surface area (Å²) in [5.74, 6) is -0.167. The molecule has 0 heterocycles. The van der Waals surface area contributed by atoms with Crippen LogP contribution in [0.25, 0.3) is 11.1 Å². The van der Waals surface area contributed by atoms with Crippen LogP contribution in [0.1, 0.15) is 15.9 Å². The van der Waals surface area contributed by atoms with E-state index in [0.717, 1.165) is 16.7 Å². The van der Waals surface area contributed by atoms with E-state index in [1.54, 1.807) is 6.07 Å². The fourth-order valence-corrected chi connectivity index (χ4v) is 2.50. The van der Waals surface area contributed by atoms with E-state index in [2.05, 4.69) is 5.32 Å². The fraction of sp³-hybridized carbons (Fsp3) is 0.0500. The molecule has 0 saturated heterocycles. The van der Waals surface area contributed by atoms with Crippen molar-refractivity contribution in [2.24, 2.45) is 0 Å². The van der Waals surface area contributed by atoms with Crippen molar-refractivity contribution in [1.82, 2.24) is 0 Å². The Morgan fingerprint density at radius 1 is 0.870 bits per heavy atom. The smallest absolute Gasteiger partial charge is 0.256 e. The van der Waals surface area contributed by atoms with Gasteiger partial charge < -0.3 is 10.4 Å². The predicted octanol–water partition coefficient (Wildman–Crippen LogP) is 4.10. The van der Waals surface area contributed by atoms with Crippen molar-refractivity contribution in [3.63, 3.8) is 0 Å². The van der Waals surface area contributed by atoms with E-state index in [1.807, 2.05) is 72.8 Å². The molecule has 0 fully saturated rings. The summed E-state index contributed by atoms with van der Waals surface area (Å²) < 4.78 is 0. The molecule has 3 heteroatoms. The minimum Gasteiger partial charge on any atom is -0.392 e. The molecule has 0 bridgehead atoms. The number of benzene rings is 3. The van der Waals surface area contributed by atoms with Crippen LogP contribution in [0.15, 0.2) is 78.9 Å². The molecule has 0 radical (unpaired) electrons. The lowest BCUT2D eigenvalue weighted by atomic mass is 9.99. The van der Waals surface area contributed by atoms with Crippen LogP contribution in [0.4, 0.5) is 5.69 Å². The van der Waals surface area contributed by atoms with E-state index in [9.17, 15) is 9.90 Å². The number of rotatable bonds is 4. The van der Waals surface area contributed by atoms with Crippen LogP contribution in [-0.4, -0.2) is 11.0 Å². The van der Waals surface area contributed by atoms with Gasteiger partial charge in [0.05, 0.1) is 6.61 Å². The Kier molecular flexibility index (Phi) is 4.50. The third kappa shape index (κ3) is 3.47. The van der Waals surface area contributed by atoms with Gasteiger partial charge in [-0.3, -0.25) is 4.79 Å². The first kappa shape index (κ1) is 15.0. The van der Waals surface area contributed by atoms with E-state index in [0.29, 0.717) is 11.3 Å². The van der Waals surface area contributed by atoms with Gasteiger partial charge in [-0.15, -0.1) is 0 Å². The van der Waals surface area contributed by atoms with E-state index in [1.165, 1.54) is 0 Å². The molecule has 3 aromatic carbocycles. The van der Waals surface area contributed by atoms with E-state index >= 15 is 0 Å². The summed E-state index contributed by atoms with van der Waals surface area (Å²) in [6.45, 7) is -0.0513. The van der Waals surface area contributed by atoms with Crippen LogP contribution >= 0.6 is 0 Å². The third-order valence-electron chi connectivity index (χ3n) is 3.62. The van der Waals surface area contributed by atoms with E-state index in [-0.39, 0.29) is 12.5 Å². The molecule has 23 heavy (non-hydrogen) atoms. The fourth-order valence-electron chi connectivity index (χ4n) is 2.50. The van der Waals surface area contributed by atoms with Crippen molar-refractivity contribution in [3.8, 4) is 11.1 Å². The van der Waals surface area contributed by atoms with Crippen molar-refractivity contribution in [2.75, 3.05) is 5.32 Å². The van der Waals surface area contributed by atoms with Gasteiger partial charge in [0.1, 0.15) is 0 Å². The Morgan fingerprint density at radius 2 is 1.61 bits per heavy atom. The number of amides is 1. The minimum absolute atomic E-state index is 0.0513. The highest BCUT2D eigenvalue weighted by Gasteiger charge is 2.12. The SMILES string of the molecule is O=C(Nc1cccc(CO)c1)c1ccccc1-c1ccccc1. The molecule has 0 saturated carbocycles. The highest BCUT2D eigenvalue weighted by molar-refractivity contribution is 6.08. The Morgan fingerprint density at radius 3 is 2.39 bits per heavy atom. The zero-order chi connectivity index (χ0) is 16.1. The molecule has 0 spiro atoms. The molecule has 0 aliphatic rings. The van der Waals surface area contributed by atoms with Gasteiger partial charge in [0.2, 0.25) is 0 Å². The molecule has 3 nitrogen and oxygen atoms in total. The van der Waals surface area contributed by atoms with Gasteiger partial charge in [-0.25, -0.2) is 0 Å². The van der Waals surface area contributed by atoms with E-state index < -0.39 is 0 Å². The summed E-state index contributed by atoms with van der Waals surface area (Å²) in [5, 5.41) is 12.1. The Hall–Kier alpha value is -2.91. The summed E-state index contributed by atoms with van der Waals surface area (Å²) >= 11 is 0. The number of aliphatic hydroxyl groups excluding tert-OH is 1. The molecule has 3 aromatic rings. The molecule has 0 aromatic heterocycles. The number of nitrogens with one attached hydrogen (secondary N) is 1. The van der Waals surface area contributed by atoms with Crippen LogP contribution in [-0.2, 0) is 6.61 Å². The van der Waals surface area contributed by atoms with Gasteiger partial charge in [0.15, 0.2) is 0 Å². The molecular weight excluding hydrogens is 286 g/mol. The molecular formula is C20H17NO2. The standard InChI is InChI=1S/C20H17NO2/c22-14-15-7-6-10-17(13-15)21-20(23)19-12-5-4-11-18(19)16-8-2-1-3-9-16/h1-13,22H,14H2,(H,21,23). The number of aliphatic hydroxyl groups is 1. The topological polar surface area (TPSA) is 49.3 Å². The van der Waals surface area contributed by atoms with Crippen molar-refractivity contribution in [2.45, 2.75) is 6.61 Å². The summed E-state index contributed by atoms with van der Waals surface area (Å²) in [6, 6.07) is 24.6. The minimum atomic E-state index is -0.167. The second kappa shape index (κ2) is 6.90. The van der Waals surface area contributed by atoms with Crippen LogP contribution in [0.2, 0.25) is 0 Å². The summed E-state index contributed by atoms with van der Waals surface area (Å²) in [4.78, 5) is 12.6. The molecule has 0 unspecified atom stereocenters. The van der Waals surface area contributed by atoms with Crippen LogP contribution in [0, 0.1) is 0 Å². The average molecular weight is 303 g/mol. The maximum absolute atomic E-state index is 12.6. The van der Waals surface area contributed by atoms with E-state index in [4.69, 9.17) is 0 Å². The number of hydrogen-bond donors (Lipinski definition) is 2. The van der Waals surface area contributed by atoms with Crippen molar-refractivity contribution in [3.05, 3.63) is 90.0 Å². The Labute approximate surface area is 135 Å². The molecule has 2 N–H and O–H groups in total. The number of carbonyl (C=O) groups is 1. The normalized spacial score (nSPS) is 10.3. The Bertz CT molecular complexity index is 813. The van der Waals surface area contributed by atoms with Crippen LogP contribution in [0.5, 0.6) is 0 Å². The lowest BCUT2D eigenvalue weighted by molar-refractivity contribution is 0.102. The monoisotopic (exact) mass is 303 g/mol. The highest BCUT2D eigenvalue weighted by atomic mass is 16.3. The molecule has 0 aliphatic carbocycles. The van der Waals surface area contributed by atoms with Crippen molar-refractivity contribution >= 4 is 11.6 Å². The maximum Gasteiger partial charge on any atom is 0.256 e. The maximum atomic E-state index is 12.6. The summed E-state index contributed by atoms with van der Waals surface area (Å²) in [5.41, 5.74) is 3.95. The summed E-state index contributed by atoms with van der Waals surface area (Å²) in [6.07, 6.45) is 0. The Balaban J connectivity index is 1.91. The molecule has 3 rings (SSSR count). The van der Waals surface area contributed by atoms with Gasteiger partial charge in [-0.1, -0.05) is 60.7 Å². The first-order valence-corrected chi connectivity index (χ1v) is 7.43. The lowest BCUT2D eigenvalue weighted by Crippen LogP contribution is -2.13. The lowest BCUT2D eigenvalue weighted by Gasteiger charge is -2.11. The van der Waals surface area contributed by atoms with Gasteiger partial charge in [0, 0.05) is 11.3 Å². The van der Waals surface area contributed by atoms with Crippen LogP contribution < -0.4 is 5.32 Å². The largest absolute Gasteiger partial charge is 0.392 e. The average Bonchev–Trinajstić information content (AvgIpc) is 2.62. The zero-order valence-corrected chi connectivity index (χ0v) is 12.6. The molecule has 114 valence electrons.